The van der Waals surface area contributed by atoms with Crippen LogP contribution < -0.4 is 5.32 Å². The molecule has 122 valence electrons. The maximum absolute atomic E-state index is 11.6. The largest absolute Gasteiger partial charge is 0.465 e. The average Bonchev–Trinajstić information content (AvgIpc) is 3.11. The maximum atomic E-state index is 11.6. The summed E-state index contributed by atoms with van der Waals surface area (Å²) in [6, 6.07) is 13.9. The first-order valence-corrected chi connectivity index (χ1v) is 8.46. The molecule has 1 N–H and O–H groups in total. The highest BCUT2D eigenvalue weighted by molar-refractivity contribution is 6.33. The number of hydrogen-bond donors (Lipinski definition) is 1. The molecular formula is C20H18ClNO2. The number of fused-ring (bicyclic) bond motifs is 3. The molecular weight excluding hydrogens is 322 g/mol. The van der Waals surface area contributed by atoms with Crippen molar-refractivity contribution in [3.05, 3.63) is 76.3 Å². The van der Waals surface area contributed by atoms with Gasteiger partial charge in [0.05, 0.1) is 29.4 Å². The van der Waals surface area contributed by atoms with E-state index in [1.54, 1.807) is 0 Å². The van der Waals surface area contributed by atoms with E-state index in [0.29, 0.717) is 17.4 Å². The van der Waals surface area contributed by atoms with Crippen LogP contribution in [0.15, 0.2) is 54.6 Å². The topological polar surface area (TPSA) is 38.3 Å². The normalized spacial score (nSPS) is 24.0. The van der Waals surface area contributed by atoms with Gasteiger partial charge in [-0.1, -0.05) is 48.0 Å². The van der Waals surface area contributed by atoms with Gasteiger partial charge in [0.1, 0.15) is 0 Å². The third-order valence-electron chi connectivity index (χ3n) is 5.04. The summed E-state index contributed by atoms with van der Waals surface area (Å²) >= 11 is 6.42. The summed E-state index contributed by atoms with van der Waals surface area (Å²) in [5.74, 6) is 0.525. The molecule has 1 heterocycles. The summed E-state index contributed by atoms with van der Waals surface area (Å²) in [4.78, 5) is 11.6. The lowest BCUT2D eigenvalue weighted by Gasteiger charge is -2.38. The molecule has 4 rings (SSSR count). The van der Waals surface area contributed by atoms with E-state index in [2.05, 4.69) is 23.5 Å². The summed E-state index contributed by atoms with van der Waals surface area (Å²) < 4.78 is 4.77. The smallest absolute Gasteiger partial charge is 0.337 e. The molecule has 3 nitrogen and oxygen atoms in total. The molecule has 2 aromatic carbocycles. The zero-order valence-corrected chi connectivity index (χ0v) is 14.1. The Morgan fingerprint density at radius 2 is 2.00 bits per heavy atom. The number of carbonyl (C=O) groups excluding carboxylic acids is 1. The summed E-state index contributed by atoms with van der Waals surface area (Å²) in [5.41, 5.74) is 4.02. The second-order valence-electron chi connectivity index (χ2n) is 6.29. The Bertz CT molecular complexity index is 813. The van der Waals surface area contributed by atoms with Crippen LogP contribution >= 0.6 is 11.6 Å². The third kappa shape index (κ3) is 2.40. The molecule has 0 radical (unpaired) electrons. The number of methoxy groups -OCH3 is 1. The van der Waals surface area contributed by atoms with Crippen LogP contribution in [0, 0.1) is 5.92 Å². The molecule has 0 amide bonds. The van der Waals surface area contributed by atoms with Crippen LogP contribution in [0.25, 0.3) is 0 Å². The molecule has 0 unspecified atom stereocenters. The number of ether oxygens (including phenoxy) is 1. The lowest BCUT2D eigenvalue weighted by atomic mass is 9.77. The van der Waals surface area contributed by atoms with Crippen LogP contribution in [-0.2, 0) is 4.74 Å². The monoisotopic (exact) mass is 339 g/mol. The molecule has 1 aliphatic carbocycles. The Morgan fingerprint density at radius 1 is 1.21 bits per heavy atom. The lowest BCUT2D eigenvalue weighted by Crippen LogP contribution is -2.29. The highest BCUT2D eigenvalue weighted by Gasteiger charge is 2.38. The van der Waals surface area contributed by atoms with Crippen molar-refractivity contribution in [1.29, 1.82) is 0 Å². The fourth-order valence-corrected chi connectivity index (χ4v) is 4.09. The number of para-hydroxylation sites is 1. The van der Waals surface area contributed by atoms with Gasteiger partial charge in [-0.05, 0) is 41.7 Å². The van der Waals surface area contributed by atoms with Gasteiger partial charge < -0.3 is 10.1 Å². The quantitative estimate of drug-likeness (QED) is 0.621. The molecule has 24 heavy (non-hydrogen) atoms. The summed E-state index contributed by atoms with van der Waals surface area (Å²) in [6.45, 7) is 0. The van der Waals surface area contributed by atoms with Gasteiger partial charge in [-0.15, -0.1) is 0 Å². The highest BCUT2D eigenvalue weighted by Crippen LogP contribution is 2.51. The molecule has 2 aliphatic rings. The first-order chi connectivity index (χ1) is 11.7. The SMILES string of the molecule is COC(=O)c1ccc([C@@H]2Nc3c(Cl)cccc3[C@H]3C=CC[C@H]32)cc1. The molecule has 0 saturated heterocycles. The number of rotatable bonds is 2. The number of allylic oxidation sites excluding steroid dienone is 2. The Balaban J connectivity index is 1.71. The van der Waals surface area contributed by atoms with Gasteiger partial charge in [0.15, 0.2) is 0 Å². The summed E-state index contributed by atoms with van der Waals surface area (Å²) in [7, 11) is 1.40. The Hall–Kier alpha value is -2.26. The van der Waals surface area contributed by atoms with E-state index in [1.165, 1.54) is 12.7 Å². The van der Waals surface area contributed by atoms with E-state index < -0.39 is 0 Å². The highest BCUT2D eigenvalue weighted by atomic mass is 35.5. The first kappa shape index (κ1) is 15.3. The van der Waals surface area contributed by atoms with E-state index in [1.807, 2.05) is 36.4 Å². The summed E-state index contributed by atoms with van der Waals surface area (Å²) in [6.07, 6.45) is 5.58. The van der Waals surface area contributed by atoms with Gasteiger partial charge in [-0.2, -0.15) is 0 Å². The zero-order chi connectivity index (χ0) is 16.7. The van der Waals surface area contributed by atoms with Crippen LogP contribution in [0.3, 0.4) is 0 Å². The van der Waals surface area contributed by atoms with Gasteiger partial charge in [0.25, 0.3) is 0 Å². The van der Waals surface area contributed by atoms with Crippen LogP contribution in [0.2, 0.25) is 5.02 Å². The minimum atomic E-state index is -0.313. The fourth-order valence-electron chi connectivity index (χ4n) is 3.86. The predicted molar refractivity (Wildman–Crippen MR) is 95.6 cm³/mol. The molecule has 0 saturated carbocycles. The standard InChI is InChI=1S/C20H18ClNO2/c1-24-20(23)13-10-8-12(9-11-13)18-15-5-2-4-14(15)16-6-3-7-17(21)19(16)22-18/h2-4,6-11,14-15,18,22H,5H2,1H3/t14-,15+,18-/m0/s1. The number of carbonyl (C=O) groups is 1. The number of anilines is 1. The molecule has 0 aromatic heterocycles. The van der Waals surface area contributed by atoms with Crippen molar-refractivity contribution in [2.75, 3.05) is 12.4 Å². The second-order valence-corrected chi connectivity index (χ2v) is 6.70. The molecule has 0 spiro atoms. The van der Waals surface area contributed by atoms with Crippen LogP contribution in [-0.4, -0.2) is 13.1 Å². The fraction of sp³-hybridized carbons (Fsp3) is 0.250. The molecule has 3 atom stereocenters. The lowest BCUT2D eigenvalue weighted by molar-refractivity contribution is 0.0600. The predicted octanol–water partition coefficient (Wildman–Crippen LogP) is 4.95. The Kier molecular flexibility index (Phi) is 3.81. The van der Waals surface area contributed by atoms with Crippen molar-refractivity contribution in [2.45, 2.75) is 18.4 Å². The number of hydrogen-bond acceptors (Lipinski definition) is 3. The van der Waals surface area contributed by atoms with Crippen LogP contribution in [0.4, 0.5) is 5.69 Å². The van der Waals surface area contributed by atoms with Crippen LogP contribution in [0.1, 0.15) is 39.9 Å². The zero-order valence-electron chi connectivity index (χ0n) is 13.3. The molecule has 0 bridgehead atoms. The van der Waals surface area contributed by atoms with Crippen molar-refractivity contribution in [1.82, 2.24) is 0 Å². The van der Waals surface area contributed by atoms with Crippen molar-refractivity contribution >= 4 is 23.3 Å². The minimum absolute atomic E-state index is 0.170. The minimum Gasteiger partial charge on any atom is -0.465 e. The van der Waals surface area contributed by atoms with E-state index in [9.17, 15) is 4.79 Å². The summed E-state index contributed by atoms with van der Waals surface area (Å²) in [5, 5.41) is 4.38. The molecule has 4 heteroatoms. The van der Waals surface area contributed by atoms with Gasteiger partial charge in [0.2, 0.25) is 0 Å². The van der Waals surface area contributed by atoms with Gasteiger partial charge in [0, 0.05) is 5.92 Å². The molecule has 2 aromatic rings. The number of nitrogens with one attached hydrogen (secondary N) is 1. The van der Waals surface area contributed by atoms with Crippen molar-refractivity contribution < 1.29 is 9.53 Å². The number of esters is 1. The molecule has 1 aliphatic heterocycles. The molecule has 0 fully saturated rings. The number of halogens is 1. The van der Waals surface area contributed by atoms with Gasteiger partial charge >= 0.3 is 5.97 Å². The average molecular weight is 340 g/mol. The third-order valence-corrected chi connectivity index (χ3v) is 5.35. The maximum Gasteiger partial charge on any atom is 0.337 e. The van der Waals surface area contributed by atoms with Gasteiger partial charge in [-0.25, -0.2) is 4.79 Å². The Labute approximate surface area is 146 Å². The van der Waals surface area contributed by atoms with E-state index in [0.717, 1.165) is 22.7 Å². The van der Waals surface area contributed by atoms with Crippen molar-refractivity contribution in [2.24, 2.45) is 5.92 Å². The second kappa shape index (κ2) is 5.99. The van der Waals surface area contributed by atoms with E-state index >= 15 is 0 Å². The number of benzene rings is 2. The van der Waals surface area contributed by atoms with E-state index in [4.69, 9.17) is 16.3 Å². The van der Waals surface area contributed by atoms with E-state index in [-0.39, 0.29) is 12.0 Å². The Morgan fingerprint density at radius 3 is 2.75 bits per heavy atom. The van der Waals surface area contributed by atoms with Crippen molar-refractivity contribution in [3.8, 4) is 0 Å². The first-order valence-electron chi connectivity index (χ1n) is 8.09. The van der Waals surface area contributed by atoms with Crippen molar-refractivity contribution in [3.63, 3.8) is 0 Å². The van der Waals surface area contributed by atoms with Gasteiger partial charge in [-0.3, -0.25) is 0 Å². The van der Waals surface area contributed by atoms with Crippen LogP contribution in [0.5, 0.6) is 0 Å².